The second kappa shape index (κ2) is 9.40. The first kappa shape index (κ1) is 22.5. The van der Waals surface area contributed by atoms with E-state index in [9.17, 15) is 8.42 Å². The van der Waals surface area contributed by atoms with Crippen molar-refractivity contribution in [1.82, 2.24) is 10.2 Å². The number of sulfone groups is 1. The minimum absolute atomic E-state index is 0. The van der Waals surface area contributed by atoms with Gasteiger partial charge in [0.2, 0.25) is 0 Å². The Kier molecular flexibility index (Phi) is 8.46. The summed E-state index contributed by atoms with van der Waals surface area (Å²) in [6.07, 6.45) is 0. The maximum absolute atomic E-state index is 12.1. The monoisotopic (exact) mass is 545 g/mol. The highest BCUT2D eigenvalue weighted by molar-refractivity contribution is 14.0. The molecule has 1 aliphatic rings. The summed E-state index contributed by atoms with van der Waals surface area (Å²) < 4.78 is 30.1. The van der Waals surface area contributed by atoms with Crippen molar-refractivity contribution in [2.45, 2.75) is 18.6 Å². The van der Waals surface area contributed by atoms with Gasteiger partial charge in [0.05, 0.1) is 17.0 Å². The zero-order valence-electron chi connectivity index (χ0n) is 14.7. The quantitative estimate of drug-likeness (QED) is 0.272. The SMILES string of the molecule is CN=C(NCCOc1ccc(Br)cc1)N1CCS(=O)(=O)C(C)(C)C1.I. The maximum Gasteiger partial charge on any atom is 0.193 e. The molecule has 0 atom stereocenters. The third-order valence-corrected chi connectivity index (χ3v) is 7.08. The van der Waals surface area contributed by atoms with E-state index in [4.69, 9.17) is 4.74 Å². The van der Waals surface area contributed by atoms with Gasteiger partial charge in [-0.05, 0) is 38.1 Å². The van der Waals surface area contributed by atoms with Crippen molar-refractivity contribution in [1.29, 1.82) is 0 Å². The van der Waals surface area contributed by atoms with Crippen LogP contribution in [0.4, 0.5) is 0 Å². The zero-order chi connectivity index (χ0) is 17.8. The summed E-state index contributed by atoms with van der Waals surface area (Å²) in [5, 5.41) is 3.23. The molecule has 25 heavy (non-hydrogen) atoms. The minimum atomic E-state index is -3.05. The van der Waals surface area contributed by atoms with Gasteiger partial charge in [-0.2, -0.15) is 0 Å². The topological polar surface area (TPSA) is 71.0 Å². The Hall–Kier alpha value is -0.550. The predicted molar refractivity (Wildman–Crippen MR) is 116 cm³/mol. The number of halogens is 2. The van der Waals surface area contributed by atoms with Crippen molar-refractivity contribution in [3.05, 3.63) is 28.7 Å². The summed E-state index contributed by atoms with van der Waals surface area (Å²) in [6.45, 7) is 5.50. The largest absolute Gasteiger partial charge is 0.492 e. The Morgan fingerprint density at radius 1 is 1.36 bits per heavy atom. The van der Waals surface area contributed by atoms with Crippen LogP contribution in [0.15, 0.2) is 33.7 Å². The average molecular weight is 546 g/mol. The van der Waals surface area contributed by atoms with Gasteiger partial charge in [0.1, 0.15) is 12.4 Å². The van der Waals surface area contributed by atoms with E-state index in [-0.39, 0.29) is 29.7 Å². The Labute approximate surface area is 175 Å². The molecule has 6 nitrogen and oxygen atoms in total. The van der Waals surface area contributed by atoms with E-state index in [2.05, 4.69) is 26.2 Å². The van der Waals surface area contributed by atoms with Crippen molar-refractivity contribution in [2.75, 3.05) is 39.0 Å². The van der Waals surface area contributed by atoms with Gasteiger partial charge in [0, 0.05) is 24.6 Å². The van der Waals surface area contributed by atoms with Gasteiger partial charge in [-0.1, -0.05) is 15.9 Å². The molecule has 0 aliphatic carbocycles. The van der Waals surface area contributed by atoms with E-state index in [0.717, 1.165) is 10.2 Å². The number of ether oxygens (including phenoxy) is 1. The fourth-order valence-corrected chi connectivity index (χ4v) is 4.15. The second-order valence-electron chi connectivity index (χ2n) is 6.28. The lowest BCUT2D eigenvalue weighted by molar-refractivity contribution is 0.313. The highest BCUT2D eigenvalue weighted by atomic mass is 127. The number of nitrogens with zero attached hydrogens (tertiary/aromatic N) is 2. The molecule has 1 aromatic rings. The van der Waals surface area contributed by atoms with Gasteiger partial charge < -0.3 is 15.0 Å². The van der Waals surface area contributed by atoms with Crippen molar-refractivity contribution >= 4 is 55.7 Å². The van der Waals surface area contributed by atoms with Crippen LogP contribution in [0.25, 0.3) is 0 Å². The number of hydrogen-bond acceptors (Lipinski definition) is 4. The van der Waals surface area contributed by atoms with E-state index in [1.165, 1.54) is 0 Å². The highest BCUT2D eigenvalue weighted by Gasteiger charge is 2.40. The Morgan fingerprint density at radius 2 is 2.00 bits per heavy atom. The smallest absolute Gasteiger partial charge is 0.193 e. The van der Waals surface area contributed by atoms with Gasteiger partial charge >= 0.3 is 0 Å². The third kappa shape index (κ3) is 5.99. The van der Waals surface area contributed by atoms with Crippen LogP contribution >= 0.6 is 39.9 Å². The van der Waals surface area contributed by atoms with Crippen molar-refractivity contribution in [3.63, 3.8) is 0 Å². The van der Waals surface area contributed by atoms with Crippen molar-refractivity contribution in [2.24, 2.45) is 4.99 Å². The van der Waals surface area contributed by atoms with E-state index in [1.54, 1.807) is 20.9 Å². The molecule has 0 spiro atoms. The van der Waals surface area contributed by atoms with E-state index in [0.29, 0.717) is 32.2 Å². The molecule has 0 saturated carbocycles. The molecule has 2 rings (SSSR count). The lowest BCUT2D eigenvalue weighted by atomic mass is 10.2. The molecule has 0 bridgehead atoms. The van der Waals surface area contributed by atoms with E-state index >= 15 is 0 Å². The molecule has 1 N–H and O–H groups in total. The zero-order valence-corrected chi connectivity index (χ0v) is 19.4. The average Bonchev–Trinajstić information content (AvgIpc) is 2.52. The second-order valence-corrected chi connectivity index (χ2v) is 9.94. The lowest BCUT2D eigenvalue weighted by Gasteiger charge is -2.39. The molecule has 1 fully saturated rings. The van der Waals surface area contributed by atoms with Crippen LogP contribution < -0.4 is 10.1 Å². The first-order valence-corrected chi connectivity index (χ1v) is 10.3. The van der Waals surface area contributed by atoms with Gasteiger partial charge in [-0.15, -0.1) is 24.0 Å². The van der Waals surface area contributed by atoms with Crippen LogP contribution in [0.2, 0.25) is 0 Å². The molecular weight excluding hydrogens is 521 g/mol. The molecule has 9 heteroatoms. The first-order valence-electron chi connectivity index (χ1n) is 7.81. The molecule has 0 aromatic heterocycles. The predicted octanol–water partition coefficient (Wildman–Crippen LogP) is 2.53. The van der Waals surface area contributed by atoms with Crippen LogP contribution in [0.1, 0.15) is 13.8 Å². The molecule has 0 radical (unpaired) electrons. The van der Waals surface area contributed by atoms with Crippen LogP contribution in [0.5, 0.6) is 5.75 Å². The van der Waals surface area contributed by atoms with Crippen molar-refractivity contribution in [3.8, 4) is 5.75 Å². The van der Waals surface area contributed by atoms with Gasteiger partial charge in [-0.25, -0.2) is 8.42 Å². The summed E-state index contributed by atoms with van der Waals surface area (Å²) in [5.74, 6) is 1.66. The first-order chi connectivity index (χ1) is 11.2. The highest BCUT2D eigenvalue weighted by Crippen LogP contribution is 2.23. The fourth-order valence-electron chi connectivity index (χ4n) is 2.52. The Bertz CT molecular complexity index is 693. The van der Waals surface area contributed by atoms with E-state index < -0.39 is 14.6 Å². The van der Waals surface area contributed by atoms with Crippen LogP contribution in [-0.2, 0) is 9.84 Å². The molecule has 142 valence electrons. The third-order valence-electron chi connectivity index (χ3n) is 4.02. The molecule has 0 unspecified atom stereocenters. The number of benzene rings is 1. The molecule has 1 aromatic carbocycles. The summed E-state index contributed by atoms with van der Waals surface area (Å²) in [6, 6.07) is 7.66. The minimum Gasteiger partial charge on any atom is -0.492 e. The molecular formula is C16H25BrIN3O3S. The number of rotatable bonds is 4. The summed E-state index contributed by atoms with van der Waals surface area (Å²) >= 11 is 3.38. The van der Waals surface area contributed by atoms with E-state index in [1.807, 2.05) is 29.2 Å². The summed E-state index contributed by atoms with van der Waals surface area (Å²) in [7, 11) is -1.35. The fraction of sp³-hybridized carbons (Fsp3) is 0.562. The van der Waals surface area contributed by atoms with Crippen LogP contribution in [0, 0.1) is 0 Å². The maximum atomic E-state index is 12.1. The van der Waals surface area contributed by atoms with Crippen LogP contribution in [0.3, 0.4) is 0 Å². The molecule has 0 amide bonds. The standard InChI is InChI=1S/C16H24BrN3O3S.HI/c1-16(2)12-20(9-11-24(16,21)22)15(18-3)19-8-10-23-14-6-4-13(17)5-7-14;/h4-7H,8-12H2,1-3H3,(H,18,19);1H. The summed E-state index contributed by atoms with van der Waals surface area (Å²) in [5.41, 5.74) is 0. The Morgan fingerprint density at radius 3 is 2.56 bits per heavy atom. The normalized spacial score (nSPS) is 19.0. The number of guanidine groups is 1. The number of hydrogen-bond donors (Lipinski definition) is 1. The Balaban J connectivity index is 0.00000312. The van der Waals surface area contributed by atoms with Crippen LogP contribution in [-0.4, -0.2) is 63.1 Å². The molecule has 1 saturated heterocycles. The number of nitrogens with one attached hydrogen (secondary N) is 1. The lowest BCUT2D eigenvalue weighted by Crippen LogP contribution is -2.57. The van der Waals surface area contributed by atoms with Gasteiger partial charge in [0.25, 0.3) is 0 Å². The molecule has 1 aliphatic heterocycles. The van der Waals surface area contributed by atoms with Gasteiger partial charge in [0.15, 0.2) is 15.8 Å². The van der Waals surface area contributed by atoms with Crippen molar-refractivity contribution < 1.29 is 13.2 Å². The van der Waals surface area contributed by atoms with Gasteiger partial charge in [-0.3, -0.25) is 4.99 Å². The molecule has 1 heterocycles. The summed E-state index contributed by atoms with van der Waals surface area (Å²) in [4.78, 5) is 6.24. The number of aliphatic imine (C=N–C) groups is 1.